The van der Waals surface area contributed by atoms with Gasteiger partial charge in [0.25, 0.3) is 5.91 Å². The Labute approximate surface area is 117 Å². The minimum atomic E-state index is -0.124. The minimum absolute atomic E-state index is 0.124. The first kappa shape index (κ1) is 13.9. The summed E-state index contributed by atoms with van der Waals surface area (Å²) in [4.78, 5) is 12.0. The summed E-state index contributed by atoms with van der Waals surface area (Å²) in [5, 5.41) is 9.59. The Hall–Kier alpha value is -2.56. The van der Waals surface area contributed by atoms with Crippen LogP contribution in [0, 0.1) is 6.92 Å². The van der Waals surface area contributed by atoms with Crippen molar-refractivity contribution in [2.75, 3.05) is 6.61 Å². The normalized spacial score (nSPS) is 10.1. The second kappa shape index (κ2) is 6.56. The Balaban J connectivity index is 1.92. The van der Waals surface area contributed by atoms with Crippen LogP contribution in [0.2, 0.25) is 0 Å². The molecule has 1 aromatic heterocycles. The van der Waals surface area contributed by atoms with E-state index < -0.39 is 0 Å². The van der Waals surface area contributed by atoms with Crippen molar-refractivity contribution in [3.63, 3.8) is 0 Å². The molecular formula is C15H17N3O2. The van der Waals surface area contributed by atoms with Gasteiger partial charge in [0.2, 0.25) is 0 Å². The van der Waals surface area contributed by atoms with Crippen molar-refractivity contribution >= 4 is 5.91 Å². The lowest BCUT2D eigenvalue weighted by Crippen LogP contribution is -2.22. The number of amides is 1. The third-order valence-electron chi connectivity index (χ3n) is 2.86. The van der Waals surface area contributed by atoms with Gasteiger partial charge in [0.15, 0.2) is 0 Å². The number of rotatable bonds is 6. The van der Waals surface area contributed by atoms with E-state index in [2.05, 4.69) is 22.1 Å². The fraction of sp³-hybridized carbons (Fsp3) is 0.200. The SMILES string of the molecule is C=CCOc1ccc(C(=O)NCc2cn[nH]c2C)cc1. The van der Waals surface area contributed by atoms with Crippen LogP contribution in [0.25, 0.3) is 0 Å². The molecule has 1 aromatic carbocycles. The summed E-state index contributed by atoms with van der Waals surface area (Å²) >= 11 is 0. The van der Waals surface area contributed by atoms with Crippen molar-refractivity contribution in [2.24, 2.45) is 0 Å². The second-order valence-corrected chi connectivity index (χ2v) is 4.33. The molecule has 0 aliphatic rings. The summed E-state index contributed by atoms with van der Waals surface area (Å²) in [7, 11) is 0. The third-order valence-corrected chi connectivity index (χ3v) is 2.86. The van der Waals surface area contributed by atoms with Gasteiger partial charge in [-0.05, 0) is 31.2 Å². The number of aromatic nitrogens is 2. The van der Waals surface area contributed by atoms with Crippen molar-refractivity contribution in [3.8, 4) is 5.75 Å². The lowest BCUT2D eigenvalue weighted by Gasteiger charge is -2.06. The van der Waals surface area contributed by atoms with Crippen LogP contribution in [-0.2, 0) is 6.54 Å². The molecule has 20 heavy (non-hydrogen) atoms. The summed E-state index contributed by atoms with van der Waals surface area (Å²) < 4.78 is 5.36. The zero-order valence-electron chi connectivity index (χ0n) is 11.3. The predicted molar refractivity (Wildman–Crippen MR) is 76.6 cm³/mol. The fourth-order valence-corrected chi connectivity index (χ4v) is 1.69. The molecule has 1 amide bonds. The Morgan fingerprint density at radius 3 is 2.80 bits per heavy atom. The molecule has 0 fully saturated rings. The number of hydrogen-bond donors (Lipinski definition) is 2. The highest BCUT2D eigenvalue weighted by Gasteiger charge is 2.07. The van der Waals surface area contributed by atoms with Crippen LogP contribution in [0.3, 0.4) is 0 Å². The molecule has 1 heterocycles. The number of ether oxygens (including phenoxy) is 1. The number of hydrogen-bond acceptors (Lipinski definition) is 3. The van der Waals surface area contributed by atoms with Gasteiger partial charge in [0.05, 0.1) is 6.20 Å². The van der Waals surface area contributed by atoms with E-state index in [-0.39, 0.29) is 5.91 Å². The number of carbonyl (C=O) groups is 1. The molecule has 0 bridgehead atoms. The first-order valence-corrected chi connectivity index (χ1v) is 6.31. The van der Waals surface area contributed by atoms with E-state index in [1.54, 1.807) is 36.5 Å². The average molecular weight is 271 g/mol. The zero-order chi connectivity index (χ0) is 14.4. The molecular weight excluding hydrogens is 254 g/mol. The van der Waals surface area contributed by atoms with Gasteiger partial charge in [-0.1, -0.05) is 12.7 Å². The van der Waals surface area contributed by atoms with Crippen LogP contribution >= 0.6 is 0 Å². The molecule has 0 spiro atoms. The van der Waals surface area contributed by atoms with Crippen LogP contribution in [-0.4, -0.2) is 22.7 Å². The summed E-state index contributed by atoms with van der Waals surface area (Å²) in [6.45, 7) is 6.40. The van der Waals surface area contributed by atoms with Gasteiger partial charge in [-0.2, -0.15) is 5.10 Å². The van der Waals surface area contributed by atoms with Crippen molar-refractivity contribution in [1.29, 1.82) is 0 Å². The van der Waals surface area contributed by atoms with Gasteiger partial charge in [-0.3, -0.25) is 9.89 Å². The number of nitrogens with one attached hydrogen (secondary N) is 2. The van der Waals surface area contributed by atoms with Gasteiger partial charge in [0, 0.05) is 23.4 Å². The quantitative estimate of drug-likeness (QED) is 0.792. The number of H-pyrrole nitrogens is 1. The van der Waals surface area contributed by atoms with Crippen molar-refractivity contribution in [3.05, 3.63) is 59.9 Å². The van der Waals surface area contributed by atoms with Crippen LogP contribution in [0.5, 0.6) is 5.75 Å². The van der Waals surface area contributed by atoms with Crippen LogP contribution in [0.1, 0.15) is 21.6 Å². The van der Waals surface area contributed by atoms with E-state index in [1.807, 2.05) is 6.92 Å². The minimum Gasteiger partial charge on any atom is -0.490 e. The van der Waals surface area contributed by atoms with Crippen LogP contribution < -0.4 is 10.1 Å². The number of benzene rings is 1. The number of aryl methyl sites for hydroxylation is 1. The molecule has 0 saturated carbocycles. The first-order chi connectivity index (χ1) is 9.70. The van der Waals surface area contributed by atoms with Gasteiger partial charge >= 0.3 is 0 Å². The maximum absolute atomic E-state index is 12.0. The van der Waals surface area contributed by atoms with Gasteiger partial charge in [-0.15, -0.1) is 0 Å². The number of carbonyl (C=O) groups excluding carboxylic acids is 1. The molecule has 0 radical (unpaired) electrons. The van der Waals surface area contributed by atoms with Crippen molar-refractivity contribution in [2.45, 2.75) is 13.5 Å². The maximum atomic E-state index is 12.0. The second-order valence-electron chi connectivity index (χ2n) is 4.33. The molecule has 5 heteroatoms. The Morgan fingerprint density at radius 2 is 2.20 bits per heavy atom. The fourth-order valence-electron chi connectivity index (χ4n) is 1.69. The smallest absolute Gasteiger partial charge is 0.251 e. The van der Waals surface area contributed by atoms with Gasteiger partial charge in [-0.25, -0.2) is 0 Å². The molecule has 2 N–H and O–H groups in total. The van der Waals surface area contributed by atoms with E-state index in [9.17, 15) is 4.79 Å². The molecule has 0 saturated heterocycles. The third kappa shape index (κ3) is 3.47. The first-order valence-electron chi connectivity index (χ1n) is 6.31. The monoisotopic (exact) mass is 271 g/mol. The number of aromatic amines is 1. The zero-order valence-corrected chi connectivity index (χ0v) is 11.3. The Bertz CT molecular complexity index is 587. The number of nitrogens with zero attached hydrogens (tertiary/aromatic N) is 1. The molecule has 0 unspecified atom stereocenters. The lowest BCUT2D eigenvalue weighted by molar-refractivity contribution is 0.0951. The molecule has 0 aliphatic carbocycles. The van der Waals surface area contributed by atoms with E-state index >= 15 is 0 Å². The summed E-state index contributed by atoms with van der Waals surface area (Å²) in [6, 6.07) is 7.00. The topological polar surface area (TPSA) is 67.0 Å². The molecule has 2 rings (SSSR count). The van der Waals surface area contributed by atoms with E-state index in [0.717, 1.165) is 11.3 Å². The van der Waals surface area contributed by atoms with Crippen molar-refractivity contribution < 1.29 is 9.53 Å². The van der Waals surface area contributed by atoms with E-state index in [1.165, 1.54) is 0 Å². The van der Waals surface area contributed by atoms with Crippen LogP contribution in [0.15, 0.2) is 43.1 Å². The summed E-state index contributed by atoms with van der Waals surface area (Å²) in [5.41, 5.74) is 2.53. The van der Waals surface area contributed by atoms with E-state index in [4.69, 9.17) is 4.74 Å². The molecule has 0 atom stereocenters. The standard InChI is InChI=1S/C15H17N3O2/c1-3-8-20-14-6-4-12(5-7-14)15(19)16-9-13-10-17-18-11(13)2/h3-7,10H,1,8-9H2,2H3,(H,16,19)(H,17,18). The molecule has 2 aromatic rings. The Kier molecular flexibility index (Phi) is 4.55. The van der Waals surface area contributed by atoms with Crippen molar-refractivity contribution in [1.82, 2.24) is 15.5 Å². The maximum Gasteiger partial charge on any atom is 0.251 e. The van der Waals surface area contributed by atoms with Crippen LogP contribution in [0.4, 0.5) is 0 Å². The largest absolute Gasteiger partial charge is 0.490 e. The predicted octanol–water partition coefficient (Wildman–Crippen LogP) is 2.21. The van der Waals surface area contributed by atoms with Gasteiger partial charge in [0.1, 0.15) is 12.4 Å². The van der Waals surface area contributed by atoms with E-state index in [0.29, 0.717) is 24.5 Å². The highest BCUT2D eigenvalue weighted by molar-refractivity contribution is 5.94. The molecule has 104 valence electrons. The lowest BCUT2D eigenvalue weighted by atomic mass is 10.2. The Morgan fingerprint density at radius 1 is 1.45 bits per heavy atom. The summed E-state index contributed by atoms with van der Waals surface area (Å²) in [6.07, 6.45) is 3.38. The highest BCUT2D eigenvalue weighted by atomic mass is 16.5. The summed E-state index contributed by atoms with van der Waals surface area (Å²) in [5.74, 6) is 0.591. The van der Waals surface area contributed by atoms with Gasteiger partial charge < -0.3 is 10.1 Å². The highest BCUT2D eigenvalue weighted by Crippen LogP contribution is 2.12. The molecule has 5 nitrogen and oxygen atoms in total. The average Bonchev–Trinajstić information content (AvgIpc) is 2.88. The molecule has 0 aliphatic heterocycles.